The molecule has 0 fully saturated rings. The summed E-state index contributed by atoms with van der Waals surface area (Å²) in [6.07, 6.45) is 0. The van der Waals surface area contributed by atoms with Gasteiger partial charge in [-0.15, -0.1) is 0 Å². The smallest absolute Gasteiger partial charge is 0.127 e. The molecule has 1 atom stereocenters. The van der Waals surface area contributed by atoms with Gasteiger partial charge in [-0.3, -0.25) is 0 Å². The van der Waals surface area contributed by atoms with Crippen LogP contribution in [0.1, 0.15) is 29.8 Å². The van der Waals surface area contributed by atoms with Crippen LogP contribution in [-0.4, -0.2) is 9.97 Å². The highest BCUT2D eigenvalue weighted by Crippen LogP contribution is 2.19. The van der Waals surface area contributed by atoms with Gasteiger partial charge in [0.05, 0.1) is 0 Å². The molecule has 1 aromatic carbocycles. The molecule has 5 heteroatoms. The van der Waals surface area contributed by atoms with Crippen LogP contribution in [0.25, 0.3) is 0 Å². The Morgan fingerprint density at radius 1 is 1.30 bits per heavy atom. The number of nitrogens with zero attached hydrogens (tertiary/aromatic N) is 1. The van der Waals surface area contributed by atoms with Crippen molar-refractivity contribution in [2.75, 3.05) is 5.32 Å². The number of rotatable bonds is 4. The topological polar surface area (TPSA) is 50.9 Å². The summed E-state index contributed by atoms with van der Waals surface area (Å²) in [7, 11) is 0. The van der Waals surface area contributed by atoms with Crippen molar-refractivity contribution in [3.05, 3.63) is 59.0 Å². The molecule has 0 aliphatic heterocycles. The van der Waals surface area contributed by atoms with E-state index in [2.05, 4.69) is 10.3 Å². The van der Waals surface area contributed by atoms with Crippen molar-refractivity contribution >= 4 is 23.0 Å². The summed E-state index contributed by atoms with van der Waals surface area (Å²) < 4.78 is 12.9. The number of halogens is 1. The molecular formula is C15H16FN3S. The lowest BCUT2D eigenvalue weighted by Gasteiger charge is -2.16. The maximum absolute atomic E-state index is 12.9. The number of nitrogens with two attached hydrogens (primary N) is 1. The van der Waals surface area contributed by atoms with Crippen molar-refractivity contribution in [3.63, 3.8) is 0 Å². The normalized spacial score (nSPS) is 11.9. The van der Waals surface area contributed by atoms with E-state index in [1.807, 2.05) is 26.0 Å². The molecule has 104 valence electrons. The van der Waals surface area contributed by atoms with Crippen molar-refractivity contribution < 1.29 is 4.39 Å². The Bertz CT molecular complexity index is 626. The number of pyridine rings is 1. The van der Waals surface area contributed by atoms with Crippen molar-refractivity contribution in [2.45, 2.75) is 19.9 Å². The van der Waals surface area contributed by atoms with Gasteiger partial charge >= 0.3 is 0 Å². The molecule has 1 heterocycles. The third-order valence-corrected chi connectivity index (χ3v) is 3.21. The van der Waals surface area contributed by atoms with Gasteiger partial charge in [0.2, 0.25) is 0 Å². The van der Waals surface area contributed by atoms with Crippen LogP contribution in [0.3, 0.4) is 0 Å². The Labute approximate surface area is 123 Å². The number of thiocarbonyl (C=S) groups is 1. The number of hydrogen-bond acceptors (Lipinski definition) is 3. The van der Waals surface area contributed by atoms with Crippen LogP contribution in [0.5, 0.6) is 0 Å². The first kappa shape index (κ1) is 14.4. The fourth-order valence-corrected chi connectivity index (χ4v) is 2.06. The van der Waals surface area contributed by atoms with Gasteiger partial charge in [0.25, 0.3) is 0 Å². The molecule has 0 aliphatic rings. The first-order chi connectivity index (χ1) is 9.45. The largest absolute Gasteiger partial charge is 0.389 e. The van der Waals surface area contributed by atoms with E-state index in [1.54, 1.807) is 12.1 Å². The van der Waals surface area contributed by atoms with Crippen LogP contribution in [0.15, 0.2) is 36.4 Å². The first-order valence-corrected chi connectivity index (χ1v) is 6.67. The Hall–Kier alpha value is -2.01. The number of aromatic nitrogens is 1. The summed E-state index contributed by atoms with van der Waals surface area (Å²) in [6, 6.07) is 10.0. The fourth-order valence-electron chi connectivity index (χ4n) is 1.94. The summed E-state index contributed by atoms with van der Waals surface area (Å²) in [6.45, 7) is 3.87. The Balaban J connectivity index is 2.21. The summed E-state index contributed by atoms with van der Waals surface area (Å²) in [5, 5.41) is 3.26. The standard InChI is InChI=1S/C15H16FN3S/c1-9-7-12(15(17)20)8-14(18-9)19-10(2)11-3-5-13(16)6-4-11/h3-8,10H,1-2H3,(H2,17,20)(H,18,19). The molecule has 0 bridgehead atoms. The predicted molar refractivity (Wildman–Crippen MR) is 83.3 cm³/mol. The molecule has 0 spiro atoms. The zero-order valence-electron chi connectivity index (χ0n) is 11.4. The van der Waals surface area contributed by atoms with E-state index in [0.29, 0.717) is 10.8 Å². The van der Waals surface area contributed by atoms with E-state index in [9.17, 15) is 4.39 Å². The fraction of sp³-hybridized carbons (Fsp3) is 0.200. The minimum absolute atomic E-state index is 0.00379. The lowest BCUT2D eigenvalue weighted by Crippen LogP contribution is -2.13. The van der Waals surface area contributed by atoms with Crippen molar-refractivity contribution in [1.82, 2.24) is 4.98 Å². The Kier molecular flexibility index (Phi) is 4.29. The van der Waals surface area contributed by atoms with Crippen LogP contribution < -0.4 is 11.1 Å². The average Bonchev–Trinajstić information content (AvgIpc) is 2.38. The molecule has 2 rings (SSSR count). The summed E-state index contributed by atoms with van der Waals surface area (Å²) in [5.41, 5.74) is 8.24. The lowest BCUT2D eigenvalue weighted by molar-refractivity contribution is 0.626. The predicted octanol–water partition coefficient (Wildman–Crippen LogP) is 3.34. The highest BCUT2D eigenvalue weighted by Gasteiger charge is 2.08. The number of aryl methyl sites for hydroxylation is 1. The third-order valence-electron chi connectivity index (χ3n) is 2.97. The van der Waals surface area contributed by atoms with Gasteiger partial charge in [-0.05, 0) is 43.7 Å². The molecule has 2 aromatic rings. The van der Waals surface area contributed by atoms with Gasteiger partial charge in [-0.2, -0.15) is 0 Å². The maximum Gasteiger partial charge on any atom is 0.127 e. The number of nitrogens with one attached hydrogen (secondary N) is 1. The van der Waals surface area contributed by atoms with Gasteiger partial charge in [-0.25, -0.2) is 9.37 Å². The molecule has 1 aromatic heterocycles. The van der Waals surface area contributed by atoms with E-state index in [1.165, 1.54) is 12.1 Å². The summed E-state index contributed by atoms with van der Waals surface area (Å²) in [4.78, 5) is 4.74. The second-order valence-corrected chi connectivity index (χ2v) is 5.10. The molecule has 0 saturated heterocycles. The zero-order valence-corrected chi connectivity index (χ0v) is 12.2. The first-order valence-electron chi connectivity index (χ1n) is 6.26. The van der Waals surface area contributed by atoms with Crippen molar-refractivity contribution in [3.8, 4) is 0 Å². The van der Waals surface area contributed by atoms with Gasteiger partial charge in [0, 0.05) is 17.3 Å². The molecule has 0 amide bonds. The van der Waals surface area contributed by atoms with E-state index >= 15 is 0 Å². The molecular weight excluding hydrogens is 273 g/mol. The van der Waals surface area contributed by atoms with Crippen molar-refractivity contribution in [1.29, 1.82) is 0 Å². The average molecular weight is 289 g/mol. The monoisotopic (exact) mass is 289 g/mol. The Morgan fingerprint density at radius 2 is 1.95 bits per heavy atom. The zero-order chi connectivity index (χ0) is 14.7. The molecule has 3 N–H and O–H groups in total. The molecule has 0 radical (unpaired) electrons. The highest BCUT2D eigenvalue weighted by atomic mass is 32.1. The Morgan fingerprint density at radius 3 is 2.55 bits per heavy atom. The van der Waals surface area contributed by atoms with E-state index in [4.69, 9.17) is 18.0 Å². The molecule has 20 heavy (non-hydrogen) atoms. The van der Waals surface area contributed by atoms with Crippen LogP contribution in [-0.2, 0) is 0 Å². The van der Waals surface area contributed by atoms with Crippen LogP contribution in [0.4, 0.5) is 10.2 Å². The molecule has 3 nitrogen and oxygen atoms in total. The summed E-state index contributed by atoms with van der Waals surface area (Å²) >= 11 is 4.98. The van der Waals surface area contributed by atoms with E-state index in [0.717, 1.165) is 16.8 Å². The second-order valence-electron chi connectivity index (χ2n) is 4.66. The molecule has 1 unspecified atom stereocenters. The SMILES string of the molecule is Cc1cc(C(N)=S)cc(NC(C)c2ccc(F)cc2)n1. The third kappa shape index (κ3) is 3.51. The highest BCUT2D eigenvalue weighted by molar-refractivity contribution is 7.80. The van der Waals surface area contributed by atoms with E-state index < -0.39 is 0 Å². The minimum atomic E-state index is -0.245. The van der Waals surface area contributed by atoms with Crippen LogP contribution in [0.2, 0.25) is 0 Å². The lowest BCUT2D eigenvalue weighted by atomic mass is 10.1. The second kappa shape index (κ2) is 5.96. The molecule has 0 saturated carbocycles. The van der Waals surface area contributed by atoms with Gasteiger partial charge in [0.1, 0.15) is 16.6 Å². The van der Waals surface area contributed by atoms with Crippen LogP contribution in [0, 0.1) is 12.7 Å². The van der Waals surface area contributed by atoms with Gasteiger partial charge < -0.3 is 11.1 Å². The summed E-state index contributed by atoms with van der Waals surface area (Å²) in [5.74, 6) is 0.454. The van der Waals surface area contributed by atoms with Gasteiger partial charge in [-0.1, -0.05) is 24.4 Å². The van der Waals surface area contributed by atoms with Gasteiger partial charge in [0.15, 0.2) is 0 Å². The minimum Gasteiger partial charge on any atom is -0.389 e. The maximum atomic E-state index is 12.9. The number of hydrogen-bond donors (Lipinski definition) is 2. The van der Waals surface area contributed by atoms with Crippen LogP contribution >= 0.6 is 12.2 Å². The van der Waals surface area contributed by atoms with E-state index in [-0.39, 0.29) is 11.9 Å². The number of benzene rings is 1. The number of anilines is 1. The quantitative estimate of drug-likeness (QED) is 0.848. The van der Waals surface area contributed by atoms with Crippen molar-refractivity contribution in [2.24, 2.45) is 5.73 Å². The molecule has 0 aliphatic carbocycles.